The number of rotatable bonds is 12. The number of hydrogen-bond acceptors (Lipinski definition) is 7. The predicted octanol–water partition coefficient (Wildman–Crippen LogP) is 5.89. The molecule has 0 aliphatic rings. The van der Waals surface area contributed by atoms with Crippen molar-refractivity contribution < 1.29 is 18.9 Å². The lowest BCUT2D eigenvalue weighted by Gasteiger charge is -2.25. The summed E-state index contributed by atoms with van der Waals surface area (Å²) in [5, 5.41) is 16.7. The molecule has 0 aliphatic heterocycles. The molecule has 4 aromatic rings. The van der Waals surface area contributed by atoms with Gasteiger partial charge in [-0.2, -0.15) is 0 Å². The first-order valence-electron chi connectivity index (χ1n) is 12.7. The Morgan fingerprint density at radius 2 is 1.49 bits per heavy atom. The summed E-state index contributed by atoms with van der Waals surface area (Å²) in [6.45, 7) is 1.64. The van der Waals surface area contributed by atoms with E-state index in [1.54, 1.807) is 19.1 Å². The Hall–Kier alpha value is -4.22. The summed E-state index contributed by atoms with van der Waals surface area (Å²) >= 11 is 0. The summed E-state index contributed by atoms with van der Waals surface area (Å²) in [5.41, 5.74) is 2.26. The molecule has 210 valence electrons. The number of nitro groups is 1. The summed E-state index contributed by atoms with van der Waals surface area (Å²) in [4.78, 5) is 41.8. The first kappa shape index (κ1) is 29.8. The Labute approximate surface area is 244 Å². The van der Waals surface area contributed by atoms with Crippen molar-refractivity contribution in [2.45, 2.75) is 35.7 Å². The minimum atomic E-state index is -0.972. The first-order valence-corrected chi connectivity index (χ1v) is 14.9. The fraction of sp³-hybridized carbons (Fsp3) is 0.167. The van der Waals surface area contributed by atoms with Crippen LogP contribution < -0.4 is 10.6 Å². The molecule has 1 unspecified atom stereocenters. The second kappa shape index (κ2) is 14.4. The van der Waals surface area contributed by atoms with Gasteiger partial charge in [0.2, 0.25) is 11.8 Å². The van der Waals surface area contributed by atoms with E-state index in [1.165, 1.54) is 30.5 Å². The number of nitrogens with one attached hydrogen (secondary N) is 2. The van der Waals surface area contributed by atoms with Gasteiger partial charge in [-0.25, -0.2) is 9.37 Å². The van der Waals surface area contributed by atoms with Crippen LogP contribution in [0.5, 0.6) is 0 Å². The third kappa shape index (κ3) is 8.38. The van der Waals surface area contributed by atoms with E-state index in [1.807, 2.05) is 60.7 Å². The Bertz CT molecular complexity index is 1440. The topological polar surface area (TPSA) is 114 Å². The molecule has 0 aliphatic carbocycles. The van der Waals surface area contributed by atoms with Gasteiger partial charge in [0.1, 0.15) is 11.9 Å². The molecular formula is C30H27FN4O4S2. The second-order valence-electron chi connectivity index (χ2n) is 9.06. The summed E-state index contributed by atoms with van der Waals surface area (Å²) in [6.07, 6.45) is 1.57. The van der Waals surface area contributed by atoms with E-state index in [0.717, 1.165) is 32.7 Å². The minimum Gasteiger partial charge on any atom is -0.343 e. The molecule has 4 rings (SSSR count). The molecule has 2 N–H and O–H groups in total. The van der Waals surface area contributed by atoms with Crippen LogP contribution in [0, 0.1) is 15.9 Å². The Morgan fingerprint density at radius 1 is 0.878 bits per heavy atom. The summed E-state index contributed by atoms with van der Waals surface area (Å²) < 4.78 is 13.5. The second-order valence-corrected chi connectivity index (χ2v) is 11.6. The number of halogens is 1. The molecule has 3 aromatic carbocycles. The first-order chi connectivity index (χ1) is 19.8. The monoisotopic (exact) mass is 590 g/mol. The Morgan fingerprint density at radius 3 is 2.07 bits per heavy atom. The number of benzene rings is 3. The number of hydrogen-bond donors (Lipinski definition) is 2. The average molecular weight is 591 g/mol. The molecule has 8 nitrogen and oxygen atoms in total. The van der Waals surface area contributed by atoms with Crippen LogP contribution in [0.3, 0.4) is 0 Å². The van der Waals surface area contributed by atoms with Gasteiger partial charge in [-0.1, -0.05) is 83.6 Å². The van der Waals surface area contributed by atoms with Gasteiger partial charge in [-0.05, 0) is 52.6 Å². The van der Waals surface area contributed by atoms with Crippen molar-refractivity contribution in [2.75, 3.05) is 0 Å². The molecular weight excluding hydrogens is 563 g/mol. The van der Waals surface area contributed by atoms with Crippen LogP contribution in [-0.4, -0.2) is 33.0 Å². The molecule has 0 bridgehead atoms. The van der Waals surface area contributed by atoms with E-state index >= 15 is 0 Å². The molecule has 2 amide bonds. The highest BCUT2D eigenvalue weighted by Crippen LogP contribution is 2.38. The predicted molar refractivity (Wildman–Crippen MR) is 159 cm³/mol. The fourth-order valence-corrected chi connectivity index (χ4v) is 6.07. The fourth-order valence-electron chi connectivity index (χ4n) is 3.99. The van der Waals surface area contributed by atoms with Gasteiger partial charge in [-0.15, -0.1) is 0 Å². The molecule has 1 aromatic heterocycles. The summed E-state index contributed by atoms with van der Waals surface area (Å²) in [6, 6.07) is 26.1. The number of aromatic nitrogens is 1. The van der Waals surface area contributed by atoms with E-state index in [0.29, 0.717) is 5.56 Å². The molecule has 0 saturated heterocycles. The van der Waals surface area contributed by atoms with Crippen molar-refractivity contribution in [1.29, 1.82) is 0 Å². The normalized spacial score (nSPS) is 12.4. The molecule has 0 spiro atoms. The van der Waals surface area contributed by atoms with Gasteiger partial charge >= 0.3 is 5.69 Å². The number of pyridine rings is 1. The van der Waals surface area contributed by atoms with Gasteiger partial charge < -0.3 is 10.6 Å². The highest BCUT2D eigenvalue weighted by Gasteiger charge is 2.28. The number of carbonyl (C=O) groups is 2. The van der Waals surface area contributed by atoms with E-state index in [-0.39, 0.29) is 17.1 Å². The zero-order valence-electron chi connectivity index (χ0n) is 22.0. The zero-order chi connectivity index (χ0) is 29.2. The quantitative estimate of drug-likeness (QED) is 0.120. The van der Waals surface area contributed by atoms with Crippen molar-refractivity contribution in [2.24, 2.45) is 0 Å². The highest BCUT2D eigenvalue weighted by molar-refractivity contribution is 8.77. The maximum absolute atomic E-state index is 13.7. The Kier molecular flexibility index (Phi) is 10.5. The number of carbonyl (C=O) groups excluding carboxylic acids is 2. The number of nitrogens with zero attached hydrogens (tertiary/aromatic N) is 2. The maximum atomic E-state index is 13.7. The van der Waals surface area contributed by atoms with Crippen LogP contribution in [0.25, 0.3) is 0 Å². The lowest BCUT2D eigenvalue weighted by Crippen LogP contribution is -2.50. The summed E-state index contributed by atoms with van der Waals surface area (Å²) in [5.74, 6) is -1.25. The van der Waals surface area contributed by atoms with E-state index in [4.69, 9.17) is 0 Å². The van der Waals surface area contributed by atoms with Crippen LogP contribution in [0.1, 0.15) is 29.7 Å². The van der Waals surface area contributed by atoms with Crippen LogP contribution in [-0.2, 0) is 16.0 Å². The zero-order valence-corrected chi connectivity index (χ0v) is 23.6. The van der Waals surface area contributed by atoms with Gasteiger partial charge in [0, 0.05) is 18.7 Å². The number of amides is 2. The summed E-state index contributed by atoms with van der Waals surface area (Å²) in [7, 11) is 2.11. The standard InChI is InChI=1S/C30H27FN4O4S2/c1-20(40-41-30-26(35(38)39)13-8-18-32-30)28(36)33-25(19-21-14-16-24(31)17-15-21)29(37)34-27(22-9-4-2-5-10-22)23-11-6-3-7-12-23/h2-18,20,25,27H,19H2,1H3,(H,33,36)(H,34,37)/t20?,25-/m0/s1. The third-order valence-corrected chi connectivity index (χ3v) is 8.83. The minimum absolute atomic E-state index is 0.129. The van der Waals surface area contributed by atoms with Crippen molar-refractivity contribution in [1.82, 2.24) is 15.6 Å². The van der Waals surface area contributed by atoms with Crippen molar-refractivity contribution in [3.63, 3.8) is 0 Å². The van der Waals surface area contributed by atoms with Gasteiger partial charge in [0.05, 0.1) is 16.2 Å². The van der Waals surface area contributed by atoms with Crippen LogP contribution in [0.15, 0.2) is 108 Å². The molecule has 2 atom stereocenters. The van der Waals surface area contributed by atoms with Crippen LogP contribution in [0.2, 0.25) is 0 Å². The SMILES string of the molecule is CC(SSc1ncccc1[N+](=O)[O-])C(=O)N[C@@H](Cc1ccc(F)cc1)C(=O)NC(c1ccccc1)c1ccccc1. The molecule has 0 saturated carbocycles. The smallest absolute Gasteiger partial charge is 0.302 e. The molecule has 0 fully saturated rings. The van der Waals surface area contributed by atoms with Crippen LogP contribution in [0.4, 0.5) is 10.1 Å². The van der Waals surface area contributed by atoms with Gasteiger partial charge in [0.25, 0.3) is 0 Å². The van der Waals surface area contributed by atoms with E-state index in [2.05, 4.69) is 15.6 Å². The molecule has 41 heavy (non-hydrogen) atoms. The Balaban J connectivity index is 1.52. The lowest BCUT2D eigenvalue weighted by atomic mass is 9.97. The van der Waals surface area contributed by atoms with Gasteiger partial charge in [-0.3, -0.25) is 19.7 Å². The van der Waals surface area contributed by atoms with Crippen molar-refractivity contribution >= 4 is 39.1 Å². The van der Waals surface area contributed by atoms with Crippen molar-refractivity contribution in [3.8, 4) is 0 Å². The van der Waals surface area contributed by atoms with Gasteiger partial charge in [0.15, 0.2) is 5.03 Å². The average Bonchev–Trinajstić information content (AvgIpc) is 3.00. The van der Waals surface area contributed by atoms with E-state index in [9.17, 15) is 24.1 Å². The third-order valence-electron chi connectivity index (χ3n) is 6.13. The highest BCUT2D eigenvalue weighted by atomic mass is 33.1. The molecule has 1 heterocycles. The van der Waals surface area contributed by atoms with Crippen LogP contribution >= 0.6 is 21.6 Å². The molecule has 11 heteroatoms. The van der Waals surface area contributed by atoms with E-state index < -0.39 is 39.9 Å². The van der Waals surface area contributed by atoms with Crippen molar-refractivity contribution in [3.05, 3.63) is 136 Å². The largest absolute Gasteiger partial charge is 0.343 e. The maximum Gasteiger partial charge on any atom is 0.302 e. The molecule has 0 radical (unpaired) electrons. The lowest BCUT2D eigenvalue weighted by molar-refractivity contribution is -0.388.